The predicted octanol–water partition coefficient (Wildman–Crippen LogP) is 1.42. The number of carbonyl (C=O) groups excluding carboxylic acids is 3. The number of aliphatic imine (C=N–C) groups is 1. The van der Waals surface area contributed by atoms with Gasteiger partial charge in [-0.05, 0) is 67.2 Å². The summed E-state index contributed by atoms with van der Waals surface area (Å²) in [5, 5.41) is 5.09. The Labute approximate surface area is 224 Å². The number of nitrogens with zero attached hydrogens (tertiary/aromatic N) is 2. The SMILES string of the molecule is NC(=O)C1CCN(Cc2ccc3c(c2)C[C@H](CN=C(N)N)[C@H]3NC(=O)C(=O)Nc2ccc(Cl)c(F)c2)CC1. The van der Waals surface area contributed by atoms with Crippen molar-refractivity contribution in [3.63, 3.8) is 0 Å². The van der Waals surface area contributed by atoms with Crippen LogP contribution in [0.4, 0.5) is 10.1 Å². The van der Waals surface area contributed by atoms with Crippen molar-refractivity contribution in [3.05, 3.63) is 63.9 Å². The molecular weight excluding hydrogens is 513 g/mol. The van der Waals surface area contributed by atoms with E-state index in [1.54, 1.807) is 0 Å². The lowest BCUT2D eigenvalue weighted by Crippen LogP contribution is -2.40. The van der Waals surface area contributed by atoms with Crippen LogP contribution in [0.5, 0.6) is 0 Å². The van der Waals surface area contributed by atoms with Gasteiger partial charge >= 0.3 is 11.8 Å². The molecular formula is C26H31ClFN7O3. The molecule has 1 fully saturated rings. The summed E-state index contributed by atoms with van der Waals surface area (Å²) in [5.41, 5.74) is 19.7. The summed E-state index contributed by atoms with van der Waals surface area (Å²) in [7, 11) is 0. The van der Waals surface area contributed by atoms with Crippen molar-refractivity contribution >= 4 is 41.0 Å². The van der Waals surface area contributed by atoms with Gasteiger partial charge in [-0.3, -0.25) is 24.3 Å². The zero-order chi connectivity index (χ0) is 27.4. The highest BCUT2D eigenvalue weighted by Crippen LogP contribution is 2.37. The average Bonchev–Trinajstić information content (AvgIpc) is 3.21. The number of hydrogen-bond acceptors (Lipinski definition) is 5. The van der Waals surface area contributed by atoms with E-state index in [0.29, 0.717) is 6.42 Å². The molecule has 2 aliphatic rings. The lowest BCUT2D eigenvalue weighted by atomic mass is 9.95. The molecule has 12 heteroatoms. The molecule has 1 aliphatic carbocycles. The monoisotopic (exact) mass is 543 g/mol. The number of piperidine rings is 1. The minimum atomic E-state index is -0.934. The summed E-state index contributed by atoms with van der Waals surface area (Å²) in [4.78, 5) is 43.2. The number of benzene rings is 2. The zero-order valence-corrected chi connectivity index (χ0v) is 21.5. The molecule has 2 atom stereocenters. The first-order chi connectivity index (χ1) is 18.1. The number of guanidine groups is 1. The Hall–Kier alpha value is -3.70. The van der Waals surface area contributed by atoms with Crippen molar-refractivity contribution in [2.45, 2.75) is 31.8 Å². The highest BCUT2D eigenvalue weighted by Gasteiger charge is 2.35. The fourth-order valence-electron chi connectivity index (χ4n) is 5.08. The summed E-state index contributed by atoms with van der Waals surface area (Å²) < 4.78 is 13.7. The minimum Gasteiger partial charge on any atom is -0.370 e. The van der Waals surface area contributed by atoms with Crippen molar-refractivity contribution in [2.24, 2.45) is 34.0 Å². The second kappa shape index (κ2) is 11.8. The van der Waals surface area contributed by atoms with Crippen LogP contribution in [0.25, 0.3) is 0 Å². The van der Waals surface area contributed by atoms with Gasteiger partial charge < -0.3 is 27.8 Å². The van der Waals surface area contributed by atoms with E-state index in [-0.39, 0.29) is 41.0 Å². The Morgan fingerprint density at radius 3 is 2.45 bits per heavy atom. The Bertz CT molecular complexity index is 1260. The molecule has 202 valence electrons. The Morgan fingerprint density at radius 1 is 1.05 bits per heavy atom. The minimum absolute atomic E-state index is 0.0615. The molecule has 0 aromatic heterocycles. The average molecular weight is 544 g/mol. The Morgan fingerprint density at radius 2 is 1.79 bits per heavy atom. The van der Waals surface area contributed by atoms with Crippen molar-refractivity contribution in [2.75, 3.05) is 25.0 Å². The van der Waals surface area contributed by atoms with E-state index in [2.05, 4.69) is 26.6 Å². The smallest absolute Gasteiger partial charge is 0.313 e. The molecule has 1 aliphatic heterocycles. The van der Waals surface area contributed by atoms with Crippen molar-refractivity contribution < 1.29 is 18.8 Å². The number of primary amides is 1. The molecule has 0 bridgehead atoms. The van der Waals surface area contributed by atoms with Gasteiger partial charge in [0.2, 0.25) is 5.91 Å². The van der Waals surface area contributed by atoms with Crippen LogP contribution < -0.4 is 27.8 Å². The molecule has 1 saturated heterocycles. The van der Waals surface area contributed by atoms with Gasteiger partial charge in [0.25, 0.3) is 0 Å². The standard InChI is InChI=1S/C26H31ClFN7O3/c27-20-4-2-18(11-21(20)28)33-24(37)25(38)34-22-17(12-32-26(30)31)10-16-9-14(1-3-19(16)22)13-35-7-5-15(6-8-35)23(29)36/h1-4,9,11,15,17,22H,5-8,10,12-13H2,(H2,29,36)(H,33,37)(H,34,38)(H4,30,31,32)/t17-,22-/m1/s1. The third-order valence-corrected chi connectivity index (χ3v) is 7.38. The van der Waals surface area contributed by atoms with Crippen molar-refractivity contribution in [3.8, 4) is 0 Å². The molecule has 10 nitrogen and oxygen atoms in total. The van der Waals surface area contributed by atoms with Crippen molar-refractivity contribution in [1.29, 1.82) is 0 Å². The number of nitrogens with two attached hydrogens (primary N) is 3. The highest BCUT2D eigenvalue weighted by molar-refractivity contribution is 6.39. The van der Waals surface area contributed by atoms with Crippen LogP contribution in [0.15, 0.2) is 41.4 Å². The number of carbonyl (C=O) groups is 3. The first-order valence-electron chi connectivity index (χ1n) is 12.4. The molecule has 38 heavy (non-hydrogen) atoms. The van der Waals surface area contributed by atoms with Gasteiger partial charge in [0, 0.05) is 30.6 Å². The number of rotatable bonds is 7. The van der Waals surface area contributed by atoms with E-state index in [4.69, 9.17) is 28.8 Å². The van der Waals surface area contributed by atoms with Crippen LogP contribution in [0.2, 0.25) is 5.02 Å². The van der Waals surface area contributed by atoms with Crippen LogP contribution >= 0.6 is 11.6 Å². The van der Waals surface area contributed by atoms with Crippen LogP contribution in [0.3, 0.4) is 0 Å². The lowest BCUT2D eigenvalue weighted by Gasteiger charge is -2.30. The summed E-state index contributed by atoms with van der Waals surface area (Å²) in [5.74, 6) is -3.04. The maximum Gasteiger partial charge on any atom is 0.313 e. The topological polar surface area (TPSA) is 169 Å². The third-order valence-electron chi connectivity index (χ3n) is 7.07. The second-order valence-corrected chi connectivity index (χ2v) is 10.2. The summed E-state index contributed by atoms with van der Waals surface area (Å²) in [6, 6.07) is 9.29. The maximum atomic E-state index is 13.7. The third kappa shape index (κ3) is 6.59. The van der Waals surface area contributed by atoms with E-state index < -0.39 is 23.7 Å². The molecule has 2 aromatic carbocycles. The summed E-state index contributed by atoms with van der Waals surface area (Å²) in [6.07, 6.45) is 2.11. The first-order valence-corrected chi connectivity index (χ1v) is 12.7. The molecule has 1 heterocycles. The van der Waals surface area contributed by atoms with Crippen LogP contribution in [0.1, 0.15) is 35.6 Å². The van der Waals surface area contributed by atoms with Crippen LogP contribution in [0, 0.1) is 17.7 Å². The summed E-state index contributed by atoms with van der Waals surface area (Å²) in [6.45, 7) is 2.59. The van der Waals surface area contributed by atoms with Gasteiger partial charge in [0.05, 0.1) is 11.1 Å². The fraction of sp³-hybridized carbons (Fsp3) is 0.385. The van der Waals surface area contributed by atoms with Crippen LogP contribution in [-0.2, 0) is 27.3 Å². The molecule has 0 radical (unpaired) electrons. The molecule has 0 unspecified atom stereocenters. The number of halogens is 2. The molecule has 0 saturated carbocycles. The molecule has 3 amide bonds. The van der Waals surface area contributed by atoms with Gasteiger partial charge in [0.15, 0.2) is 5.96 Å². The van der Waals surface area contributed by atoms with Gasteiger partial charge in [0.1, 0.15) is 5.82 Å². The van der Waals surface area contributed by atoms with E-state index in [1.807, 2.05) is 12.1 Å². The predicted molar refractivity (Wildman–Crippen MR) is 142 cm³/mol. The zero-order valence-electron chi connectivity index (χ0n) is 20.8. The lowest BCUT2D eigenvalue weighted by molar-refractivity contribution is -0.136. The van der Waals surface area contributed by atoms with Gasteiger partial charge in [-0.15, -0.1) is 0 Å². The molecule has 2 aromatic rings. The van der Waals surface area contributed by atoms with E-state index in [9.17, 15) is 18.8 Å². The van der Waals surface area contributed by atoms with Crippen LogP contribution in [-0.4, -0.2) is 48.2 Å². The quantitative estimate of drug-likeness (QED) is 0.201. The number of fused-ring (bicyclic) bond motifs is 1. The number of hydrogen-bond donors (Lipinski definition) is 5. The largest absolute Gasteiger partial charge is 0.370 e. The molecule has 4 rings (SSSR count). The highest BCUT2D eigenvalue weighted by atomic mass is 35.5. The molecule has 8 N–H and O–H groups in total. The summed E-state index contributed by atoms with van der Waals surface area (Å²) >= 11 is 5.68. The second-order valence-electron chi connectivity index (χ2n) is 9.75. The number of anilines is 1. The number of amides is 3. The first kappa shape index (κ1) is 27.3. The molecule has 0 spiro atoms. The van der Waals surface area contributed by atoms with Gasteiger partial charge in [-0.1, -0.05) is 29.8 Å². The number of likely N-dealkylation sites (tertiary alicyclic amines) is 1. The van der Waals surface area contributed by atoms with E-state index >= 15 is 0 Å². The maximum absolute atomic E-state index is 13.7. The fourth-order valence-corrected chi connectivity index (χ4v) is 5.20. The Balaban J connectivity index is 1.45. The Kier molecular flexibility index (Phi) is 8.48. The normalized spacial score (nSPS) is 19.4. The number of nitrogens with one attached hydrogen (secondary N) is 2. The van der Waals surface area contributed by atoms with E-state index in [1.165, 1.54) is 12.1 Å². The van der Waals surface area contributed by atoms with Crippen molar-refractivity contribution in [1.82, 2.24) is 10.2 Å². The van der Waals surface area contributed by atoms with Gasteiger partial charge in [-0.2, -0.15) is 0 Å². The van der Waals surface area contributed by atoms with E-state index in [0.717, 1.165) is 55.2 Å². The van der Waals surface area contributed by atoms with Gasteiger partial charge in [-0.25, -0.2) is 4.39 Å².